The summed E-state index contributed by atoms with van der Waals surface area (Å²) >= 11 is 0. The SMILES string of the molecule is COc1ccc2cc(CN(CCO)C(=O)c3cn4ccc(C)cc4n3)c(=O)[nH]c2c1. The fourth-order valence-corrected chi connectivity index (χ4v) is 3.40. The molecule has 1 amide bonds. The van der Waals surface area contributed by atoms with Crippen LogP contribution in [0, 0.1) is 6.92 Å². The number of hydrogen-bond acceptors (Lipinski definition) is 5. The highest BCUT2D eigenvalue weighted by Crippen LogP contribution is 2.19. The Morgan fingerprint density at radius 2 is 2.10 bits per heavy atom. The van der Waals surface area contributed by atoms with Crippen molar-refractivity contribution in [3.05, 3.63) is 76.0 Å². The molecule has 0 saturated carbocycles. The lowest BCUT2D eigenvalue weighted by Gasteiger charge is -2.20. The zero-order valence-corrected chi connectivity index (χ0v) is 16.8. The van der Waals surface area contributed by atoms with Crippen LogP contribution in [0.1, 0.15) is 21.6 Å². The highest BCUT2D eigenvalue weighted by molar-refractivity contribution is 5.93. The smallest absolute Gasteiger partial charge is 0.274 e. The van der Waals surface area contributed by atoms with Gasteiger partial charge in [0.1, 0.15) is 17.1 Å². The number of nitrogens with zero attached hydrogens (tertiary/aromatic N) is 3. The Balaban J connectivity index is 1.66. The fraction of sp³-hybridized carbons (Fsp3) is 0.227. The van der Waals surface area contributed by atoms with Gasteiger partial charge in [0, 0.05) is 30.6 Å². The summed E-state index contributed by atoms with van der Waals surface area (Å²) in [5.41, 5.74) is 2.75. The van der Waals surface area contributed by atoms with Gasteiger partial charge < -0.3 is 24.1 Å². The topological polar surface area (TPSA) is 99.9 Å². The molecule has 3 heterocycles. The number of aryl methyl sites for hydroxylation is 1. The summed E-state index contributed by atoms with van der Waals surface area (Å²) in [5, 5.41) is 10.3. The van der Waals surface area contributed by atoms with Crippen molar-refractivity contribution < 1.29 is 14.6 Å². The van der Waals surface area contributed by atoms with E-state index in [0.29, 0.717) is 22.5 Å². The second-order valence-corrected chi connectivity index (χ2v) is 7.12. The van der Waals surface area contributed by atoms with Gasteiger partial charge in [-0.05, 0) is 48.2 Å². The third-order valence-electron chi connectivity index (χ3n) is 4.98. The number of pyridine rings is 2. The lowest BCUT2D eigenvalue weighted by molar-refractivity contribution is 0.0702. The molecule has 0 unspecified atom stereocenters. The van der Waals surface area contributed by atoms with Gasteiger partial charge in [0.25, 0.3) is 11.5 Å². The highest BCUT2D eigenvalue weighted by Gasteiger charge is 2.20. The number of nitrogens with one attached hydrogen (secondary N) is 1. The number of H-pyrrole nitrogens is 1. The molecule has 4 aromatic rings. The fourth-order valence-electron chi connectivity index (χ4n) is 3.40. The second-order valence-electron chi connectivity index (χ2n) is 7.12. The van der Waals surface area contributed by atoms with Gasteiger partial charge in [-0.3, -0.25) is 9.59 Å². The number of aromatic amines is 1. The molecule has 154 valence electrons. The van der Waals surface area contributed by atoms with Crippen molar-refractivity contribution >= 4 is 22.5 Å². The zero-order valence-electron chi connectivity index (χ0n) is 16.8. The van der Waals surface area contributed by atoms with Gasteiger partial charge in [0.2, 0.25) is 0 Å². The molecule has 0 fully saturated rings. The number of carbonyl (C=O) groups is 1. The van der Waals surface area contributed by atoms with Crippen LogP contribution >= 0.6 is 0 Å². The quantitative estimate of drug-likeness (QED) is 0.511. The van der Waals surface area contributed by atoms with E-state index in [2.05, 4.69) is 9.97 Å². The van der Waals surface area contributed by atoms with E-state index >= 15 is 0 Å². The van der Waals surface area contributed by atoms with Gasteiger partial charge in [-0.1, -0.05) is 0 Å². The first kappa shape index (κ1) is 19.7. The highest BCUT2D eigenvalue weighted by atomic mass is 16.5. The van der Waals surface area contributed by atoms with E-state index in [1.165, 1.54) is 4.90 Å². The van der Waals surface area contributed by atoms with E-state index in [-0.39, 0.29) is 36.9 Å². The van der Waals surface area contributed by atoms with Crippen molar-refractivity contribution in [2.45, 2.75) is 13.5 Å². The molecule has 0 bridgehead atoms. The van der Waals surface area contributed by atoms with Crippen molar-refractivity contribution in [2.24, 2.45) is 0 Å². The van der Waals surface area contributed by atoms with Crippen molar-refractivity contribution in [3.8, 4) is 5.75 Å². The Hall–Kier alpha value is -3.65. The Kier molecular flexibility index (Phi) is 5.24. The molecule has 0 atom stereocenters. The van der Waals surface area contributed by atoms with E-state index in [4.69, 9.17) is 4.74 Å². The number of carbonyl (C=O) groups excluding carboxylic acids is 1. The Labute approximate surface area is 172 Å². The minimum Gasteiger partial charge on any atom is -0.497 e. The molecule has 0 aliphatic rings. The van der Waals surface area contributed by atoms with E-state index in [1.807, 2.05) is 31.3 Å². The van der Waals surface area contributed by atoms with Crippen LogP contribution in [0.2, 0.25) is 0 Å². The molecule has 30 heavy (non-hydrogen) atoms. The molecular weight excluding hydrogens is 384 g/mol. The maximum atomic E-state index is 13.1. The van der Waals surface area contributed by atoms with Crippen molar-refractivity contribution in [2.75, 3.05) is 20.3 Å². The minimum atomic E-state index is -0.348. The largest absolute Gasteiger partial charge is 0.497 e. The molecule has 4 rings (SSSR count). The Morgan fingerprint density at radius 1 is 1.27 bits per heavy atom. The molecule has 3 aromatic heterocycles. The van der Waals surface area contributed by atoms with Crippen LogP contribution < -0.4 is 10.3 Å². The molecule has 0 radical (unpaired) electrons. The first-order valence-corrected chi connectivity index (χ1v) is 9.54. The summed E-state index contributed by atoms with van der Waals surface area (Å²) in [6.45, 7) is 1.88. The van der Waals surface area contributed by atoms with Crippen molar-refractivity contribution in [1.29, 1.82) is 0 Å². The molecule has 1 aromatic carbocycles. The van der Waals surface area contributed by atoms with Crippen LogP contribution in [0.5, 0.6) is 5.75 Å². The monoisotopic (exact) mass is 406 g/mol. The number of benzene rings is 1. The first-order chi connectivity index (χ1) is 14.5. The number of methoxy groups -OCH3 is 1. The Morgan fingerprint density at radius 3 is 2.87 bits per heavy atom. The number of imidazole rings is 1. The molecular formula is C22H22N4O4. The van der Waals surface area contributed by atoms with E-state index in [1.54, 1.807) is 35.9 Å². The third-order valence-corrected chi connectivity index (χ3v) is 4.98. The number of aromatic nitrogens is 3. The van der Waals surface area contributed by atoms with Crippen molar-refractivity contribution in [3.63, 3.8) is 0 Å². The molecule has 0 spiro atoms. The lowest BCUT2D eigenvalue weighted by atomic mass is 10.1. The first-order valence-electron chi connectivity index (χ1n) is 9.54. The number of fused-ring (bicyclic) bond motifs is 2. The molecule has 0 saturated heterocycles. The average Bonchev–Trinajstić information content (AvgIpc) is 3.16. The summed E-state index contributed by atoms with van der Waals surface area (Å²) in [7, 11) is 1.56. The van der Waals surface area contributed by atoms with Gasteiger partial charge in [-0.25, -0.2) is 4.98 Å². The van der Waals surface area contributed by atoms with Gasteiger partial charge >= 0.3 is 0 Å². The third kappa shape index (κ3) is 3.77. The van der Waals surface area contributed by atoms with Gasteiger partial charge in [-0.15, -0.1) is 0 Å². The maximum Gasteiger partial charge on any atom is 0.274 e. The average molecular weight is 406 g/mol. The number of hydrogen-bond donors (Lipinski definition) is 2. The molecule has 8 heteroatoms. The number of aliphatic hydroxyl groups excluding tert-OH is 1. The number of aliphatic hydroxyl groups is 1. The maximum absolute atomic E-state index is 13.1. The molecule has 0 aliphatic carbocycles. The predicted octanol–water partition coefficient (Wildman–Crippen LogP) is 2.13. The zero-order chi connectivity index (χ0) is 21.3. The molecule has 8 nitrogen and oxygen atoms in total. The number of amides is 1. The predicted molar refractivity (Wildman–Crippen MR) is 113 cm³/mol. The normalized spacial score (nSPS) is 11.2. The molecule has 0 aliphatic heterocycles. The van der Waals surface area contributed by atoms with E-state index in [0.717, 1.165) is 10.9 Å². The van der Waals surface area contributed by atoms with Crippen LogP contribution in [0.25, 0.3) is 16.6 Å². The summed E-state index contributed by atoms with van der Waals surface area (Å²) in [5.74, 6) is 0.296. The van der Waals surface area contributed by atoms with Gasteiger partial charge in [0.15, 0.2) is 0 Å². The number of rotatable bonds is 6. The van der Waals surface area contributed by atoms with Gasteiger partial charge in [0.05, 0.1) is 25.8 Å². The van der Waals surface area contributed by atoms with Gasteiger partial charge in [-0.2, -0.15) is 0 Å². The lowest BCUT2D eigenvalue weighted by Crippen LogP contribution is -2.35. The summed E-state index contributed by atoms with van der Waals surface area (Å²) < 4.78 is 6.96. The summed E-state index contributed by atoms with van der Waals surface area (Å²) in [6.07, 6.45) is 3.49. The summed E-state index contributed by atoms with van der Waals surface area (Å²) in [6, 6.07) is 11.0. The number of ether oxygens (including phenoxy) is 1. The van der Waals surface area contributed by atoms with E-state index in [9.17, 15) is 14.7 Å². The van der Waals surface area contributed by atoms with Crippen LogP contribution in [-0.2, 0) is 6.54 Å². The molecule has 2 N–H and O–H groups in total. The summed E-state index contributed by atoms with van der Waals surface area (Å²) in [4.78, 5) is 34.3. The minimum absolute atomic E-state index is 0.0591. The van der Waals surface area contributed by atoms with E-state index < -0.39 is 0 Å². The Bertz CT molecular complexity index is 1290. The van der Waals surface area contributed by atoms with Crippen LogP contribution in [0.3, 0.4) is 0 Å². The standard InChI is InChI=1S/C22H22N4O4/c1-14-5-6-25-13-19(23-20(25)9-14)22(29)26(7-8-27)12-16-10-15-3-4-17(30-2)11-18(15)24-21(16)28/h3-6,9-11,13,27H,7-8,12H2,1-2H3,(H,24,28). The van der Waals surface area contributed by atoms with Crippen LogP contribution in [0.15, 0.2) is 53.6 Å². The van der Waals surface area contributed by atoms with Crippen molar-refractivity contribution in [1.82, 2.24) is 19.3 Å². The second kappa shape index (κ2) is 8.00. The van der Waals surface area contributed by atoms with Crippen LogP contribution in [-0.4, -0.2) is 50.5 Å². The van der Waals surface area contributed by atoms with Crippen LogP contribution in [0.4, 0.5) is 0 Å².